The number of anilines is 6. The molecule has 0 radical (unpaired) electrons. The average Bonchev–Trinajstić information content (AvgIpc) is 4.13. The molecule has 8 aromatic rings. The lowest BCUT2D eigenvalue weighted by atomic mass is 10.2. The molecule has 0 unspecified atom stereocenters. The number of thioether (sulfide) groups is 1. The van der Waals surface area contributed by atoms with Gasteiger partial charge in [-0.3, -0.25) is 13.7 Å². The molecule has 0 aliphatic heterocycles. The van der Waals surface area contributed by atoms with Crippen molar-refractivity contribution in [1.82, 2.24) is 33.7 Å². The van der Waals surface area contributed by atoms with Crippen LogP contribution in [-0.4, -0.2) is 113 Å². The number of hydrogen-bond acceptors (Lipinski definition) is 26. The smallest absolute Gasteiger partial charge is 0.294 e. The molecule has 0 saturated carbocycles. The van der Waals surface area contributed by atoms with Crippen LogP contribution in [0.2, 0.25) is 0 Å². The Morgan fingerprint density at radius 3 is 1.35 bits per heavy atom. The number of benzene rings is 5. The molecule has 5 N–H and O–H groups in total. The molecule has 5 aromatic carbocycles. The van der Waals surface area contributed by atoms with E-state index in [1.165, 1.54) is 68.8 Å². The van der Waals surface area contributed by atoms with Crippen LogP contribution >= 0.6 is 34.8 Å². The molecule has 3 heterocycles. The summed E-state index contributed by atoms with van der Waals surface area (Å²) in [4.78, 5) is 26.4. The molecule has 0 saturated heterocycles. The van der Waals surface area contributed by atoms with Crippen LogP contribution in [0, 0.1) is 0 Å². The monoisotopic (exact) mass is 1200 g/mol. The molecule has 26 nitrogen and oxygen atoms in total. The Morgan fingerprint density at radius 2 is 0.950 bits per heavy atom. The number of rotatable bonds is 24. The van der Waals surface area contributed by atoms with Gasteiger partial charge in [-0.15, -0.1) is 20.5 Å². The molecule has 0 amide bonds. The van der Waals surface area contributed by atoms with E-state index in [0.29, 0.717) is 77.1 Å². The molecule has 0 aliphatic rings. The van der Waals surface area contributed by atoms with Gasteiger partial charge in [-0.05, 0) is 81.8 Å². The van der Waals surface area contributed by atoms with Crippen molar-refractivity contribution in [3.05, 3.63) is 103 Å². The van der Waals surface area contributed by atoms with Crippen molar-refractivity contribution in [2.24, 2.45) is 20.5 Å². The van der Waals surface area contributed by atoms with E-state index in [1.807, 2.05) is 27.7 Å². The predicted octanol–water partition coefficient (Wildman–Crippen LogP) is 11.0. The predicted molar refractivity (Wildman–Crippen MR) is 304 cm³/mol. The van der Waals surface area contributed by atoms with E-state index < -0.39 is 30.4 Å². The molecule has 32 heteroatoms. The van der Waals surface area contributed by atoms with Crippen molar-refractivity contribution in [1.29, 1.82) is 0 Å². The third-order valence-corrected chi connectivity index (χ3v) is 16.2. The van der Waals surface area contributed by atoms with E-state index in [4.69, 9.17) is 24.4 Å². The van der Waals surface area contributed by atoms with Crippen LogP contribution in [0.15, 0.2) is 137 Å². The van der Waals surface area contributed by atoms with Gasteiger partial charge in [0.1, 0.15) is 22.9 Å². The Hall–Kier alpha value is -7.69. The maximum atomic E-state index is 12.1. The van der Waals surface area contributed by atoms with E-state index in [9.17, 15) is 38.9 Å². The first-order valence-corrected chi connectivity index (χ1v) is 30.6. The SMILES string of the molecule is CCN(CC)c1cc(Nc2nc(Nc3cc(N(CC)CC)c(OC)cc3/N=N/c3nc(-c4cccc(S(=O)(=O)O)c4)ns3)nc(SCc3cccc(S(=O)(=O)O)c3)n2)c(/N=N/c2nc(-c3cccc(S(=O)(=O)O)c3)ns2)cc1OC. The minimum atomic E-state index is -4.52. The van der Waals surface area contributed by atoms with Crippen molar-refractivity contribution in [3.63, 3.8) is 0 Å². The summed E-state index contributed by atoms with van der Waals surface area (Å²) in [6, 6.07) is 23.7. The highest BCUT2D eigenvalue weighted by Gasteiger charge is 2.22. The summed E-state index contributed by atoms with van der Waals surface area (Å²) in [5, 5.41) is 24.8. The topological polar surface area (TPSA) is 352 Å². The van der Waals surface area contributed by atoms with Crippen LogP contribution in [0.1, 0.15) is 33.3 Å². The van der Waals surface area contributed by atoms with Crippen molar-refractivity contribution >= 4 is 121 Å². The lowest BCUT2D eigenvalue weighted by molar-refractivity contribution is 0.414. The van der Waals surface area contributed by atoms with Crippen LogP contribution in [0.5, 0.6) is 11.5 Å². The van der Waals surface area contributed by atoms with Gasteiger partial charge in [0.25, 0.3) is 30.4 Å². The van der Waals surface area contributed by atoms with Crippen molar-refractivity contribution in [2.45, 2.75) is 53.3 Å². The first-order chi connectivity index (χ1) is 38.2. The zero-order valence-electron chi connectivity index (χ0n) is 43.1. The highest BCUT2D eigenvalue weighted by atomic mass is 32.2. The Balaban J connectivity index is 1.22. The quantitative estimate of drug-likeness (QED) is 0.0213. The van der Waals surface area contributed by atoms with Gasteiger partial charge in [-0.2, -0.15) is 58.9 Å². The zero-order valence-corrected chi connectivity index (χ0v) is 48.0. The molecule has 8 rings (SSSR count). The van der Waals surface area contributed by atoms with Crippen LogP contribution in [0.3, 0.4) is 0 Å². The molecule has 418 valence electrons. The number of aromatic nitrogens is 7. The Morgan fingerprint density at radius 1 is 0.537 bits per heavy atom. The number of nitrogens with one attached hydrogen (secondary N) is 2. The maximum Gasteiger partial charge on any atom is 0.294 e. The summed E-state index contributed by atoms with van der Waals surface area (Å²) in [6.07, 6.45) is 0. The molecule has 0 spiro atoms. The summed E-state index contributed by atoms with van der Waals surface area (Å²) in [5.41, 5.74) is 3.69. The van der Waals surface area contributed by atoms with Gasteiger partial charge in [0.2, 0.25) is 22.2 Å². The number of methoxy groups -OCH3 is 2. The molecule has 3 aromatic heterocycles. The first kappa shape index (κ1) is 58.5. The van der Waals surface area contributed by atoms with E-state index in [0.717, 1.165) is 34.8 Å². The zero-order chi connectivity index (χ0) is 57.4. The lowest BCUT2D eigenvalue weighted by Gasteiger charge is -2.25. The lowest BCUT2D eigenvalue weighted by Crippen LogP contribution is -2.22. The summed E-state index contributed by atoms with van der Waals surface area (Å²) in [7, 11) is -10.5. The largest absolute Gasteiger partial charge is 0.494 e. The molecular weight excluding hydrogens is 1160 g/mol. The number of azo groups is 2. The Labute approximate surface area is 472 Å². The number of hydrogen-bond donors (Lipinski definition) is 5. The third-order valence-electron chi connectivity index (χ3n) is 11.6. The minimum absolute atomic E-state index is 0.000769. The van der Waals surface area contributed by atoms with Crippen molar-refractivity contribution in [2.75, 3.05) is 60.8 Å². The normalized spacial score (nSPS) is 12.1. The van der Waals surface area contributed by atoms with Gasteiger partial charge in [-0.1, -0.05) is 48.2 Å². The Bertz CT molecular complexity index is 3760. The van der Waals surface area contributed by atoms with Gasteiger partial charge in [0.15, 0.2) is 16.8 Å². The maximum absolute atomic E-state index is 12.1. The second kappa shape index (κ2) is 25.2. The number of ether oxygens (including phenoxy) is 2. The first-order valence-electron chi connectivity index (χ1n) is 23.8. The summed E-state index contributed by atoms with van der Waals surface area (Å²) in [5.74, 6) is 1.34. The average molecular weight is 1200 g/mol. The summed E-state index contributed by atoms with van der Waals surface area (Å²) < 4.78 is 121. The van der Waals surface area contributed by atoms with Crippen LogP contribution in [-0.2, 0) is 36.1 Å². The van der Waals surface area contributed by atoms with Crippen LogP contribution in [0.4, 0.5) is 56.3 Å². The number of nitrogens with zero attached hydrogens (tertiary/aromatic N) is 13. The fraction of sp³-hybridized carbons (Fsp3) is 0.229. The fourth-order valence-electron chi connectivity index (χ4n) is 7.68. The second-order valence-corrected chi connectivity index (χ2v) is 23.2. The molecule has 80 heavy (non-hydrogen) atoms. The van der Waals surface area contributed by atoms with Gasteiger partial charge >= 0.3 is 0 Å². The molecule has 0 fully saturated rings. The fourth-order valence-corrected chi connectivity index (χ4v) is 11.1. The van der Waals surface area contributed by atoms with Crippen molar-refractivity contribution in [3.8, 4) is 34.3 Å². The summed E-state index contributed by atoms with van der Waals surface area (Å²) >= 11 is 2.92. The Kier molecular flexibility index (Phi) is 18.4. The van der Waals surface area contributed by atoms with E-state index in [-0.39, 0.29) is 70.8 Å². The molecule has 0 bridgehead atoms. The second-order valence-electron chi connectivity index (χ2n) is 16.6. The van der Waals surface area contributed by atoms with Gasteiger partial charge < -0.3 is 29.9 Å². The van der Waals surface area contributed by atoms with Crippen LogP contribution in [0.25, 0.3) is 22.8 Å². The highest BCUT2D eigenvalue weighted by Crippen LogP contribution is 2.43. The standard InChI is InChI=1S/C48H49N15O11S6/c1-7-62(8-2)38-23-34(36(25-40(38)73-5)56-58-47-51-42(60-76-47)29-15-12-18-32(21-29)79(67,68)69)49-44-53-45(55-46(54-44)75-27-28-14-11-17-31(20-28)78(64,65)66)50-35-24-39(63(9-3)10-4)41(74-6)26-37(35)57-59-48-52-43(61-77-48)30-16-13-19-33(22-30)80(70,71)72/h11-26H,7-10,27H2,1-6H3,(H,64,65,66)(H,67,68,69)(H,70,71,72)(H2,49,50,53,54,55)/b58-56+,59-57+. The van der Waals surface area contributed by atoms with E-state index >= 15 is 0 Å². The van der Waals surface area contributed by atoms with Crippen molar-refractivity contribution < 1.29 is 48.4 Å². The highest BCUT2D eigenvalue weighted by molar-refractivity contribution is 7.98. The van der Waals surface area contributed by atoms with E-state index in [2.05, 4.69) is 59.6 Å². The van der Waals surface area contributed by atoms with E-state index in [1.54, 1.807) is 42.5 Å². The summed E-state index contributed by atoms with van der Waals surface area (Å²) in [6.45, 7) is 10.3. The van der Waals surface area contributed by atoms with Gasteiger partial charge in [0, 0.05) is 78.3 Å². The molecule has 0 aliphatic carbocycles. The van der Waals surface area contributed by atoms with Crippen LogP contribution < -0.4 is 29.9 Å². The third kappa shape index (κ3) is 14.4. The minimum Gasteiger partial charge on any atom is -0.494 e. The van der Waals surface area contributed by atoms with Gasteiger partial charge in [0.05, 0.1) is 51.7 Å². The van der Waals surface area contributed by atoms with Gasteiger partial charge in [-0.25, -0.2) is 0 Å². The molecule has 0 atom stereocenters. The molecular formula is C48H49N15O11S6.